The fraction of sp³-hybridized carbons (Fsp3) is 0.500. The Morgan fingerprint density at radius 2 is 2.17 bits per heavy atom. The maximum atomic E-state index is 13.2. The molecule has 1 saturated heterocycles. The first-order chi connectivity index (χ1) is 8.35. The second-order valence-corrected chi connectivity index (χ2v) is 7.89. The Hall–Kier alpha value is -0.460. The van der Waals surface area contributed by atoms with Gasteiger partial charge < -0.3 is 0 Å². The van der Waals surface area contributed by atoms with Gasteiger partial charge in [-0.25, -0.2) is 12.8 Å². The monoisotopic (exact) mass is 335 g/mol. The molecule has 0 bridgehead atoms. The molecule has 18 heavy (non-hydrogen) atoms. The van der Waals surface area contributed by atoms with Crippen molar-refractivity contribution in [2.24, 2.45) is 0 Å². The maximum Gasteiger partial charge on any atom is 0.151 e. The summed E-state index contributed by atoms with van der Waals surface area (Å²) in [6.07, 6.45) is 0.662. The highest BCUT2D eigenvalue weighted by molar-refractivity contribution is 9.10. The van der Waals surface area contributed by atoms with Gasteiger partial charge in [0, 0.05) is 17.1 Å². The van der Waals surface area contributed by atoms with E-state index in [1.54, 1.807) is 0 Å². The molecule has 1 aliphatic rings. The fourth-order valence-electron chi connectivity index (χ4n) is 2.24. The molecule has 6 heteroatoms. The molecular weight excluding hydrogens is 321 g/mol. The van der Waals surface area contributed by atoms with E-state index < -0.39 is 9.84 Å². The predicted molar refractivity (Wildman–Crippen MR) is 72.6 cm³/mol. The Kier molecular flexibility index (Phi) is 4.08. The molecule has 0 saturated carbocycles. The lowest BCUT2D eigenvalue weighted by Crippen LogP contribution is -2.32. The highest BCUT2D eigenvalue weighted by Gasteiger charge is 2.30. The molecule has 0 spiro atoms. The van der Waals surface area contributed by atoms with Crippen LogP contribution >= 0.6 is 15.9 Å². The van der Waals surface area contributed by atoms with Crippen molar-refractivity contribution in [1.82, 2.24) is 4.90 Å². The van der Waals surface area contributed by atoms with E-state index in [0.717, 1.165) is 5.56 Å². The van der Waals surface area contributed by atoms with Crippen molar-refractivity contribution in [3.05, 3.63) is 34.1 Å². The molecule has 0 unspecified atom stereocenters. The van der Waals surface area contributed by atoms with Gasteiger partial charge in [-0.15, -0.1) is 0 Å². The van der Waals surface area contributed by atoms with Crippen molar-refractivity contribution < 1.29 is 12.8 Å². The molecule has 0 amide bonds. The zero-order chi connectivity index (χ0) is 13.3. The van der Waals surface area contributed by atoms with Crippen molar-refractivity contribution in [3.8, 4) is 0 Å². The smallest absolute Gasteiger partial charge is 0.151 e. The molecule has 1 fully saturated rings. The summed E-state index contributed by atoms with van der Waals surface area (Å²) in [5, 5.41) is 0. The molecule has 1 aliphatic heterocycles. The van der Waals surface area contributed by atoms with Crippen molar-refractivity contribution in [2.45, 2.75) is 19.0 Å². The number of hydrogen-bond acceptors (Lipinski definition) is 3. The third-order valence-electron chi connectivity index (χ3n) is 3.19. The SMILES string of the molecule is CN(Cc1cc(F)cc(Br)c1)[C@@H]1CCS(=O)(=O)C1. The fourth-order valence-corrected chi connectivity index (χ4v) is 4.56. The second kappa shape index (κ2) is 5.27. The van der Waals surface area contributed by atoms with Gasteiger partial charge in [-0.1, -0.05) is 15.9 Å². The van der Waals surface area contributed by atoms with Gasteiger partial charge in [-0.3, -0.25) is 4.90 Å². The number of sulfone groups is 1. The van der Waals surface area contributed by atoms with E-state index in [9.17, 15) is 12.8 Å². The third kappa shape index (κ3) is 3.52. The van der Waals surface area contributed by atoms with Gasteiger partial charge in [0.15, 0.2) is 9.84 Å². The standard InChI is InChI=1S/C12H15BrFNO2S/c1-15(12-2-3-18(16,17)8-12)7-9-4-10(13)6-11(14)5-9/h4-6,12H,2-3,7-8H2,1H3/t12-/m1/s1. The molecule has 0 aliphatic carbocycles. The summed E-state index contributed by atoms with van der Waals surface area (Å²) in [7, 11) is -0.995. The Balaban J connectivity index is 2.05. The Labute approximate surface area is 115 Å². The summed E-state index contributed by atoms with van der Waals surface area (Å²) < 4.78 is 36.8. The van der Waals surface area contributed by atoms with Crippen molar-refractivity contribution in [2.75, 3.05) is 18.6 Å². The Bertz CT molecular complexity index is 527. The van der Waals surface area contributed by atoms with E-state index >= 15 is 0 Å². The molecule has 0 N–H and O–H groups in total. The molecule has 1 heterocycles. The lowest BCUT2D eigenvalue weighted by molar-refractivity contribution is 0.253. The number of rotatable bonds is 3. The van der Waals surface area contributed by atoms with Gasteiger partial charge in [0.05, 0.1) is 11.5 Å². The van der Waals surface area contributed by atoms with Gasteiger partial charge >= 0.3 is 0 Å². The molecule has 2 rings (SSSR count). The zero-order valence-electron chi connectivity index (χ0n) is 10.1. The van der Waals surface area contributed by atoms with Crippen LogP contribution in [0, 0.1) is 5.82 Å². The van der Waals surface area contributed by atoms with Crippen LogP contribution in [0.2, 0.25) is 0 Å². The first-order valence-corrected chi connectivity index (χ1v) is 8.33. The van der Waals surface area contributed by atoms with E-state index in [1.165, 1.54) is 12.1 Å². The molecule has 1 aromatic rings. The maximum absolute atomic E-state index is 13.2. The quantitative estimate of drug-likeness (QED) is 0.849. The highest BCUT2D eigenvalue weighted by atomic mass is 79.9. The Morgan fingerprint density at radius 3 is 2.72 bits per heavy atom. The lowest BCUT2D eigenvalue weighted by Gasteiger charge is -2.23. The van der Waals surface area contributed by atoms with E-state index in [0.29, 0.717) is 17.4 Å². The average molecular weight is 336 g/mol. The van der Waals surface area contributed by atoms with Gasteiger partial charge in [-0.2, -0.15) is 0 Å². The number of nitrogens with zero attached hydrogens (tertiary/aromatic N) is 1. The predicted octanol–water partition coefficient (Wildman–Crippen LogP) is 2.21. The van der Waals surface area contributed by atoms with Gasteiger partial charge in [0.2, 0.25) is 0 Å². The molecular formula is C12H15BrFNO2S. The van der Waals surface area contributed by atoms with Crippen molar-refractivity contribution in [1.29, 1.82) is 0 Å². The minimum absolute atomic E-state index is 0.0389. The minimum atomic E-state index is -2.87. The van der Waals surface area contributed by atoms with Crippen LogP contribution in [0.1, 0.15) is 12.0 Å². The average Bonchev–Trinajstić information content (AvgIpc) is 2.57. The van der Waals surface area contributed by atoms with Crippen molar-refractivity contribution >= 4 is 25.8 Å². The van der Waals surface area contributed by atoms with Gasteiger partial charge in [0.1, 0.15) is 5.82 Å². The zero-order valence-corrected chi connectivity index (χ0v) is 12.5. The minimum Gasteiger partial charge on any atom is -0.298 e. The number of hydrogen-bond donors (Lipinski definition) is 0. The summed E-state index contributed by atoms with van der Waals surface area (Å²) in [6.45, 7) is 0.552. The van der Waals surface area contributed by atoms with E-state index in [2.05, 4.69) is 15.9 Å². The first kappa shape index (κ1) is 14.0. The van der Waals surface area contributed by atoms with E-state index in [4.69, 9.17) is 0 Å². The van der Waals surface area contributed by atoms with Crippen LogP contribution in [0.15, 0.2) is 22.7 Å². The Morgan fingerprint density at radius 1 is 1.44 bits per heavy atom. The van der Waals surface area contributed by atoms with E-state index in [-0.39, 0.29) is 23.4 Å². The molecule has 0 radical (unpaired) electrons. The number of benzene rings is 1. The number of halogens is 2. The summed E-state index contributed by atoms with van der Waals surface area (Å²) >= 11 is 3.25. The molecule has 0 aromatic heterocycles. The van der Waals surface area contributed by atoms with Crippen LogP contribution in [0.4, 0.5) is 4.39 Å². The van der Waals surface area contributed by atoms with Crippen LogP contribution in [-0.4, -0.2) is 37.9 Å². The van der Waals surface area contributed by atoms with Gasteiger partial charge in [-0.05, 0) is 37.2 Å². The summed E-state index contributed by atoms with van der Waals surface area (Å²) in [6, 6.07) is 4.77. The third-order valence-corrected chi connectivity index (χ3v) is 5.39. The van der Waals surface area contributed by atoms with Gasteiger partial charge in [0.25, 0.3) is 0 Å². The van der Waals surface area contributed by atoms with Crippen LogP contribution in [0.5, 0.6) is 0 Å². The highest BCUT2D eigenvalue weighted by Crippen LogP contribution is 2.20. The second-order valence-electron chi connectivity index (χ2n) is 4.75. The van der Waals surface area contributed by atoms with Crippen LogP contribution in [-0.2, 0) is 16.4 Å². The van der Waals surface area contributed by atoms with Crippen molar-refractivity contribution in [3.63, 3.8) is 0 Å². The van der Waals surface area contributed by atoms with Crippen LogP contribution in [0.3, 0.4) is 0 Å². The summed E-state index contributed by atoms with van der Waals surface area (Å²) in [5.41, 5.74) is 0.841. The molecule has 100 valence electrons. The lowest BCUT2D eigenvalue weighted by atomic mass is 10.1. The largest absolute Gasteiger partial charge is 0.298 e. The van der Waals surface area contributed by atoms with E-state index in [1.807, 2.05) is 18.0 Å². The van der Waals surface area contributed by atoms with Crippen LogP contribution in [0.25, 0.3) is 0 Å². The molecule has 1 aromatic carbocycles. The van der Waals surface area contributed by atoms with Crippen LogP contribution < -0.4 is 0 Å². The first-order valence-electron chi connectivity index (χ1n) is 5.71. The molecule has 3 nitrogen and oxygen atoms in total. The summed E-state index contributed by atoms with van der Waals surface area (Å²) in [4.78, 5) is 1.98. The topological polar surface area (TPSA) is 37.4 Å². The molecule has 1 atom stereocenters. The normalized spacial score (nSPS) is 22.6. The summed E-state index contributed by atoms with van der Waals surface area (Å²) in [5.74, 6) is 0.182.